The van der Waals surface area contributed by atoms with E-state index in [0.29, 0.717) is 5.69 Å². The van der Waals surface area contributed by atoms with Gasteiger partial charge < -0.3 is 10.5 Å². The normalized spacial score (nSPS) is 9.92. The molecular weight excluding hydrogens is 177 g/mol. The van der Waals surface area contributed by atoms with Gasteiger partial charge in [0.05, 0.1) is 11.9 Å². The molecule has 2 N–H and O–H groups in total. The Labute approximate surface area is 74.3 Å². The first-order chi connectivity index (χ1) is 6.22. The minimum absolute atomic E-state index is 0.0444. The van der Waals surface area contributed by atoms with Gasteiger partial charge in [0, 0.05) is 6.20 Å². The van der Waals surface area contributed by atoms with Crippen LogP contribution in [0.1, 0.15) is 0 Å². The van der Waals surface area contributed by atoms with Crippen LogP contribution in [-0.2, 0) is 16.1 Å². The highest BCUT2D eigenvalue weighted by molar-refractivity contribution is 5.69. The van der Waals surface area contributed by atoms with Crippen LogP contribution in [0.3, 0.4) is 0 Å². The van der Waals surface area contributed by atoms with Gasteiger partial charge in [-0.25, -0.2) is 4.39 Å². The van der Waals surface area contributed by atoms with Gasteiger partial charge in [0.1, 0.15) is 19.8 Å². The molecule has 0 amide bonds. The van der Waals surface area contributed by atoms with Crippen molar-refractivity contribution in [3.63, 3.8) is 0 Å². The molecule has 72 valence electrons. The van der Waals surface area contributed by atoms with Gasteiger partial charge in [-0.05, 0) is 0 Å². The lowest BCUT2D eigenvalue weighted by Crippen LogP contribution is -2.15. The van der Waals surface area contributed by atoms with Crippen molar-refractivity contribution < 1.29 is 13.9 Å². The van der Waals surface area contributed by atoms with Crippen LogP contribution in [0, 0.1) is 0 Å². The van der Waals surface area contributed by atoms with E-state index in [0.717, 1.165) is 0 Å². The Balaban J connectivity index is 2.36. The number of nitrogen functional groups attached to an aromatic ring is 1. The van der Waals surface area contributed by atoms with E-state index in [2.05, 4.69) is 9.84 Å². The van der Waals surface area contributed by atoms with Gasteiger partial charge in [0.25, 0.3) is 0 Å². The lowest BCUT2D eigenvalue weighted by atomic mass is 10.6. The van der Waals surface area contributed by atoms with E-state index in [9.17, 15) is 9.18 Å². The molecule has 1 rings (SSSR count). The number of hydrogen-bond acceptors (Lipinski definition) is 4. The summed E-state index contributed by atoms with van der Waals surface area (Å²) in [6.07, 6.45) is 2.92. The van der Waals surface area contributed by atoms with E-state index in [-0.39, 0.29) is 13.2 Å². The molecule has 6 heteroatoms. The zero-order chi connectivity index (χ0) is 9.68. The second-order valence-corrected chi connectivity index (χ2v) is 2.38. The average molecular weight is 187 g/mol. The summed E-state index contributed by atoms with van der Waals surface area (Å²) in [4.78, 5) is 10.9. The maximum atomic E-state index is 11.6. The fourth-order valence-corrected chi connectivity index (χ4v) is 0.796. The first-order valence-corrected chi connectivity index (χ1v) is 3.72. The highest BCUT2D eigenvalue weighted by Crippen LogP contribution is 1.97. The first kappa shape index (κ1) is 9.50. The van der Waals surface area contributed by atoms with Gasteiger partial charge in [0.15, 0.2) is 0 Å². The zero-order valence-corrected chi connectivity index (χ0v) is 6.94. The van der Waals surface area contributed by atoms with Crippen LogP contribution in [0.15, 0.2) is 12.4 Å². The number of hydrogen-bond donors (Lipinski definition) is 1. The molecule has 5 nitrogen and oxygen atoms in total. The topological polar surface area (TPSA) is 70.1 Å². The summed E-state index contributed by atoms with van der Waals surface area (Å²) in [5.74, 6) is -0.527. The predicted molar refractivity (Wildman–Crippen MR) is 43.6 cm³/mol. The third kappa shape index (κ3) is 3.10. The van der Waals surface area contributed by atoms with Crippen LogP contribution >= 0.6 is 0 Å². The van der Waals surface area contributed by atoms with Crippen molar-refractivity contribution in [2.24, 2.45) is 0 Å². The number of halogens is 1. The van der Waals surface area contributed by atoms with Crippen LogP contribution in [0.4, 0.5) is 10.1 Å². The molecule has 0 fully saturated rings. The van der Waals surface area contributed by atoms with E-state index in [1.165, 1.54) is 17.1 Å². The maximum absolute atomic E-state index is 11.6. The number of ether oxygens (including phenoxy) is 1. The largest absolute Gasteiger partial charge is 0.462 e. The summed E-state index contributed by atoms with van der Waals surface area (Å²) in [7, 11) is 0. The fourth-order valence-electron chi connectivity index (χ4n) is 0.796. The van der Waals surface area contributed by atoms with Crippen LogP contribution in [0.2, 0.25) is 0 Å². The number of aromatic nitrogens is 2. The highest BCUT2D eigenvalue weighted by atomic mass is 19.1. The minimum Gasteiger partial charge on any atom is -0.462 e. The predicted octanol–water partition coefficient (Wildman–Crippen LogP) is -0.0220. The molecule has 0 radical (unpaired) electrons. The van der Waals surface area contributed by atoms with Crippen molar-refractivity contribution in [1.29, 1.82) is 0 Å². The number of rotatable bonds is 4. The number of carbonyl (C=O) groups is 1. The number of nitrogens with zero attached hydrogens (tertiary/aromatic N) is 2. The molecule has 0 aliphatic rings. The fraction of sp³-hybridized carbons (Fsp3) is 0.429. The number of nitrogens with two attached hydrogens (primary N) is 1. The van der Waals surface area contributed by atoms with Crippen LogP contribution < -0.4 is 5.73 Å². The minimum atomic E-state index is -0.674. The molecular formula is C7H10FN3O2. The van der Waals surface area contributed by atoms with Gasteiger partial charge >= 0.3 is 5.97 Å². The summed E-state index contributed by atoms with van der Waals surface area (Å²) in [6, 6.07) is 0. The molecule has 0 atom stereocenters. The second-order valence-electron chi connectivity index (χ2n) is 2.38. The summed E-state index contributed by atoms with van der Waals surface area (Å²) >= 11 is 0. The first-order valence-electron chi connectivity index (χ1n) is 3.72. The Kier molecular flexibility index (Phi) is 3.24. The maximum Gasteiger partial charge on any atom is 0.327 e. The molecule has 0 bridgehead atoms. The summed E-state index contributed by atoms with van der Waals surface area (Å²) < 4.78 is 17.4. The molecule has 0 saturated heterocycles. The van der Waals surface area contributed by atoms with Crippen molar-refractivity contribution in [1.82, 2.24) is 9.78 Å². The molecule has 0 aliphatic carbocycles. The van der Waals surface area contributed by atoms with Crippen molar-refractivity contribution in [3.8, 4) is 0 Å². The Morgan fingerprint density at radius 2 is 2.54 bits per heavy atom. The van der Waals surface area contributed by atoms with Crippen molar-refractivity contribution in [3.05, 3.63) is 12.4 Å². The number of alkyl halides is 1. The van der Waals surface area contributed by atoms with Gasteiger partial charge in [-0.15, -0.1) is 0 Å². The molecule has 1 heterocycles. The summed E-state index contributed by atoms with van der Waals surface area (Å²) in [5.41, 5.74) is 5.83. The van der Waals surface area contributed by atoms with Crippen molar-refractivity contribution >= 4 is 11.7 Å². The van der Waals surface area contributed by atoms with Gasteiger partial charge in [0.2, 0.25) is 0 Å². The van der Waals surface area contributed by atoms with Crippen molar-refractivity contribution in [2.45, 2.75) is 6.54 Å². The van der Waals surface area contributed by atoms with Crippen molar-refractivity contribution in [2.75, 3.05) is 19.0 Å². The number of anilines is 1. The summed E-state index contributed by atoms with van der Waals surface area (Å²) in [6.45, 7) is -0.931. The van der Waals surface area contributed by atoms with Gasteiger partial charge in [-0.1, -0.05) is 0 Å². The quantitative estimate of drug-likeness (QED) is 0.672. The lowest BCUT2D eigenvalue weighted by molar-refractivity contribution is -0.144. The summed E-state index contributed by atoms with van der Waals surface area (Å²) in [5, 5.41) is 3.76. The molecule has 0 aromatic carbocycles. The number of carbonyl (C=O) groups excluding carboxylic acids is 1. The molecule has 0 saturated carbocycles. The molecule has 0 spiro atoms. The Bertz CT molecular complexity index is 287. The molecule has 1 aromatic rings. The Morgan fingerprint density at radius 1 is 1.77 bits per heavy atom. The SMILES string of the molecule is Nc1cnn(CC(=O)OCCF)c1. The van der Waals surface area contributed by atoms with E-state index >= 15 is 0 Å². The lowest BCUT2D eigenvalue weighted by Gasteiger charge is -2.01. The van der Waals surface area contributed by atoms with Crippen LogP contribution in [-0.4, -0.2) is 29.0 Å². The highest BCUT2D eigenvalue weighted by Gasteiger charge is 2.04. The van der Waals surface area contributed by atoms with Gasteiger partial charge in [-0.2, -0.15) is 5.10 Å². The molecule has 1 aromatic heterocycles. The third-order valence-corrected chi connectivity index (χ3v) is 1.28. The standard InChI is InChI=1S/C7H10FN3O2/c8-1-2-13-7(12)5-11-4-6(9)3-10-11/h3-4H,1-2,5,9H2. The average Bonchev–Trinajstić information content (AvgIpc) is 2.48. The smallest absolute Gasteiger partial charge is 0.327 e. The van der Waals surface area contributed by atoms with E-state index in [1.807, 2.05) is 0 Å². The molecule has 0 aliphatic heterocycles. The van der Waals surface area contributed by atoms with E-state index in [1.54, 1.807) is 0 Å². The monoisotopic (exact) mass is 187 g/mol. The van der Waals surface area contributed by atoms with Gasteiger partial charge in [-0.3, -0.25) is 9.48 Å². The zero-order valence-electron chi connectivity index (χ0n) is 6.94. The van der Waals surface area contributed by atoms with E-state index in [4.69, 9.17) is 5.73 Å². The van der Waals surface area contributed by atoms with Crippen LogP contribution in [0.5, 0.6) is 0 Å². The molecule has 0 unspecified atom stereocenters. The molecule has 13 heavy (non-hydrogen) atoms. The Morgan fingerprint density at radius 3 is 3.08 bits per heavy atom. The Hall–Kier alpha value is -1.59. The third-order valence-electron chi connectivity index (χ3n) is 1.28. The number of esters is 1. The van der Waals surface area contributed by atoms with E-state index < -0.39 is 12.6 Å². The second kappa shape index (κ2) is 4.44. The van der Waals surface area contributed by atoms with Crippen LogP contribution in [0.25, 0.3) is 0 Å².